The lowest BCUT2D eigenvalue weighted by Gasteiger charge is -2.26. The topological polar surface area (TPSA) is 293 Å². The van der Waals surface area contributed by atoms with Crippen molar-refractivity contribution in [3.05, 3.63) is 144 Å². The highest BCUT2D eigenvalue weighted by molar-refractivity contribution is 9.18. The molecule has 0 heterocycles. The third-order valence-corrected chi connectivity index (χ3v) is 21.0. The zero-order chi connectivity index (χ0) is 39.1. The molecule has 0 bridgehead atoms. The number of benzene rings is 4. The molecule has 4 aromatic rings. The van der Waals surface area contributed by atoms with Crippen molar-refractivity contribution in [2.24, 2.45) is 46.3 Å². The van der Waals surface area contributed by atoms with Gasteiger partial charge in [0.2, 0.25) is 0 Å². The lowest BCUT2D eigenvalue weighted by molar-refractivity contribution is 0.505. The number of rotatable bonds is 19. The Hall–Kier alpha value is -4.72. The molecule has 54 heavy (non-hydrogen) atoms. The quantitative estimate of drug-likeness (QED) is 0.0275. The summed E-state index contributed by atoms with van der Waals surface area (Å²) in [6.07, 6.45) is 5.85. The first-order valence-electron chi connectivity index (χ1n) is 15.3. The zero-order valence-corrected chi connectivity index (χ0v) is 33.4. The van der Waals surface area contributed by atoms with Crippen LogP contribution in [0.5, 0.6) is 23.0 Å². The molecule has 0 saturated carbocycles. The monoisotopic (exact) mass is 846 g/mol. The summed E-state index contributed by atoms with van der Waals surface area (Å²) in [5, 5.41) is 0. The predicted molar refractivity (Wildman–Crippen MR) is 230 cm³/mol. The van der Waals surface area contributed by atoms with E-state index in [4.69, 9.17) is 88.0 Å². The Labute approximate surface area is 330 Å². The first-order valence-corrected chi connectivity index (χ1v) is 24.0. The van der Waals surface area contributed by atoms with E-state index in [9.17, 15) is 0 Å². The highest BCUT2D eigenvalue weighted by Gasteiger charge is 2.33. The predicted octanol–water partition coefficient (Wildman–Crippen LogP) is 4.01. The molecule has 0 atom stereocenters. The van der Waals surface area contributed by atoms with Gasteiger partial charge in [-0.2, -0.15) is 0 Å². The summed E-state index contributed by atoms with van der Waals surface area (Å²) in [5.74, 6) is 23.2. The minimum absolute atomic E-state index is 0.415. The molecule has 0 radical (unpaired) electrons. The van der Waals surface area contributed by atoms with Crippen molar-refractivity contribution < 1.29 is 18.1 Å². The SMILES string of the molecule is NN/C=C(\N)c1ccc(OP(=S)(Oc2ccc(/C(N)=C/NN)cc2)SSP(=S)(Oc2ccc(/C(N)=C/NN)cc2)Oc2ccc(/C(N)=C/NN)cc2)cc1. The van der Waals surface area contributed by atoms with E-state index in [1.54, 1.807) is 97.1 Å². The molecule has 20 N–H and O–H groups in total. The number of hydrogen-bond donors (Lipinski definition) is 12. The van der Waals surface area contributed by atoms with E-state index in [0.717, 1.165) is 20.8 Å². The molecule has 0 amide bonds. The van der Waals surface area contributed by atoms with Crippen molar-refractivity contribution >= 4 is 78.6 Å². The van der Waals surface area contributed by atoms with Gasteiger partial charge in [-0.05, 0) is 119 Å². The van der Waals surface area contributed by atoms with Gasteiger partial charge >= 0.3 is 11.4 Å². The van der Waals surface area contributed by atoms with Gasteiger partial charge in [0.1, 0.15) is 23.0 Å². The van der Waals surface area contributed by atoms with E-state index in [-0.39, 0.29) is 0 Å². The van der Waals surface area contributed by atoms with Crippen LogP contribution in [0.25, 0.3) is 22.8 Å². The fourth-order valence-electron chi connectivity index (χ4n) is 4.22. The van der Waals surface area contributed by atoms with E-state index in [1.807, 2.05) is 0 Å². The summed E-state index contributed by atoms with van der Waals surface area (Å²) < 4.78 is 25.7. The van der Waals surface area contributed by atoms with E-state index in [0.29, 0.717) is 68.0 Å². The summed E-state index contributed by atoms with van der Waals surface area (Å²) in [7, 11) is 2.18. The highest BCUT2D eigenvalue weighted by Crippen LogP contribution is 2.75. The first kappa shape index (κ1) is 42.0. The van der Waals surface area contributed by atoms with Gasteiger partial charge in [-0.1, -0.05) is 0 Å². The molecule has 0 aliphatic rings. The van der Waals surface area contributed by atoms with Crippen molar-refractivity contribution in [3.8, 4) is 23.0 Å². The van der Waals surface area contributed by atoms with E-state index in [2.05, 4.69) is 21.7 Å². The zero-order valence-electron chi connectivity index (χ0n) is 28.3. The van der Waals surface area contributed by atoms with Crippen molar-refractivity contribution in [1.82, 2.24) is 21.7 Å². The first-order chi connectivity index (χ1) is 25.9. The normalized spacial score (nSPS) is 13.6. The van der Waals surface area contributed by atoms with Crippen LogP contribution in [0.1, 0.15) is 22.3 Å². The third kappa shape index (κ3) is 12.4. The molecule has 0 spiro atoms. The van der Waals surface area contributed by atoms with Crippen molar-refractivity contribution in [3.63, 3.8) is 0 Å². The van der Waals surface area contributed by atoms with Gasteiger partial charge in [-0.25, -0.2) is 0 Å². The van der Waals surface area contributed by atoms with Crippen LogP contribution in [-0.2, 0) is 23.6 Å². The summed E-state index contributed by atoms with van der Waals surface area (Å²) in [4.78, 5) is 0. The number of nitrogens with one attached hydrogen (secondary N) is 4. The fourth-order valence-corrected chi connectivity index (χ4v) is 20.4. The van der Waals surface area contributed by atoms with Crippen molar-refractivity contribution in [2.75, 3.05) is 0 Å². The molecule has 286 valence electrons. The molecule has 0 aliphatic carbocycles. The summed E-state index contributed by atoms with van der Waals surface area (Å²) >= 11 is 12.3. The molecule has 0 unspecified atom stereocenters. The minimum Gasteiger partial charge on any atom is -0.428 e. The Bertz CT molecular complexity index is 1780. The molecule has 0 aromatic heterocycles. The molecule has 16 nitrogen and oxygen atoms in total. The van der Waals surface area contributed by atoms with Crippen LogP contribution in [0.4, 0.5) is 0 Å². The Kier molecular flexibility index (Phi) is 15.6. The van der Waals surface area contributed by atoms with Crippen molar-refractivity contribution in [2.45, 2.75) is 0 Å². The second-order valence-electron chi connectivity index (χ2n) is 10.6. The second kappa shape index (κ2) is 20.1. The van der Waals surface area contributed by atoms with Crippen LogP contribution in [0.2, 0.25) is 0 Å². The number of hydrogen-bond acceptors (Lipinski definition) is 20. The third-order valence-electron chi connectivity index (χ3n) is 6.79. The molecule has 4 aromatic carbocycles. The number of hydrazine groups is 4. The Morgan fingerprint density at radius 2 is 0.593 bits per heavy atom. The van der Waals surface area contributed by atoms with Crippen LogP contribution in [0.15, 0.2) is 122 Å². The average Bonchev–Trinajstić information content (AvgIpc) is 3.15. The van der Waals surface area contributed by atoms with Crippen LogP contribution in [-0.4, -0.2) is 0 Å². The van der Waals surface area contributed by atoms with E-state index >= 15 is 0 Å². The lowest BCUT2D eigenvalue weighted by atomic mass is 10.2. The van der Waals surface area contributed by atoms with E-state index in [1.165, 1.54) is 24.8 Å². The Morgan fingerprint density at radius 3 is 0.759 bits per heavy atom. The minimum atomic E-state index is -3.36. The lowest BCUT2D eigenvalue weighted by Crippen LogP contribution is -2.16. The maximum atomic E-state index is 6.41. The average molecular weight is 847 g/mol. The van der Waals surface area contributed by atoms with Gasteiger partial charge < -0.3 is 62.7 Å². The maximum absolute atomic E-state index is 6.41. The summed E-state index contributed by atoms with van der Waals surface area (Å²) in [5.41, 5.74) is 31.7. The molecular weight excluding hydrogens is 807 g/mol. The van der Waals surface area contributed by atoms with Gasteiger partial charge in [0.15, 0.2) is 0 Å². The van der Waals surface area contributed by atoms with Gasteiger partial charge in [0.05, 0.1) is 22.8 Å². The fraction of sp³-hybridized carbons (Fsp3) is 0. The summed E-state index contributed by atoms with van der Waals surface area (Å²) in [6.45, 7) is 0. The Morgan fingerprint density at radius 1 is 0.407 bits per heavy atom. The second-order valence-corrected chi connectivity index (χ2v) is 24.1. The maximum Gasteiger partial charge on any atom is 0.359 e. The standard InChI is InChI=1S/C32H40N12O4P2S4/c33-29(17-41-37)21-1-9-25(10-2-21)45-49(51,46-26-11-3-22(4-12-26)30(34)18-42-38)53-54-50(52,47-27-13-5-23(6-14-27)31(35)19-43-39)48-28-15-7-24(8-16-28)32(36)20-44-40/h1-20,41-44H,33-40H2/b29-17-,30-18-,31-19-,32-20-. The molecule has 22 heteroatoms. The van der Waals surface area contributed by atoms with Gasteiger partial charge in [-0.15, -0.1) is 0 Å². The van der Waals surface area contributed by atoms with Gasteiger partial charge in [0.25, 0.3) is 0 Å². The van der Waals surface area contributed by atoms with E-state index < -0.39 is 11.4 Å². The summed E-state index contributed by atoms with van der Waals surface area (Å²) in [6, 6.07) is 27.7. The largest absolute Gasteiger partial charge is 0.428 e. The molecule has 4 rings (SSSR count). The molecule has 0 fully saturated rings. The van der Waals surface area contributed by atoms with Gasteiger partial charge in [-0.3, -0.25) is 23.4 Å². The van der Waals surface area contributed by atoms with Crippen LogP contribution in [0.3, 0.4) is 0 Å². The molecule has 0 aliphatic heterocycles. The van der Waals surface area contributed by atoms with Crippen molar-refractivity contribution in [1.29, 1.82) is 0 Å². The molecular formula is C32H40N12O4P2S4. The highest BCUT2D eigenvalue weighted by atomic mass is 33.5. The number of nitrogens with two attached hydrogens (primary N) is 8. The van der Waals surface area contributed by atoms with Crippen LogP contribution >= 0.6 is 32.2 Å². The van der Waals surface area contributed by atoms with Crippen LogP contribution in [0, 0.1) is 0 Å². The molecule has 0 saturated heterocycles. The smallest absolute Gasteiger partial charge is 0.359 e. The Balaban J connectivity index is 1.68. The van der Waals surface area contributed by atoms with Gasteiger partial charge in [0, 0.05) is 69.2 Å². The van der Waals surface area contributed by atoms with Crippen LogP contribution < -0.4 is 86.1 Å².